The second-order valence-electron chi connectivity index (χ2n) is 3.84. The van der Waals surface area contributed by atoms with Crippen molar-refractivity contribution in [3.8, 4) is 0 Å². The fourth-order valence-corrected chi connectivity index (χ4v) is 1.15. The Morgan fingerprint density at radius 1 is 0.905 bits per heavy atom. The van der Waals surface area contributed by atoms with Gasteiger partial charge in [-0.05, 0) is 17.7 Å². The zero-order valence-electron chi connectivity index (χ0n) is 9.86. The molecule has 0 unspecified atom stereocenters. The molecule has 0 amide bonds. The standard InChI is InChI=1S/C11H6F8O2/c12-9(13,11(17,18)19)8(20)21-5-6-1-3-7(4-2-6)10(14,15)16/h1-4H,5H2. The Morgan fingerprint density at radius 3 is 1.76 bits per heavy atom. The molecule has 10 heteroatoms. The van der Waals surface area contributed by atoms with Crippen LogP contribution in [0.4, 0.5) is 35.1 Å². The van der Waals surface area contributed by atoms with Crippen molar-refractivity contribution in [2.45, 2.75) is 24.9 Å². The number of benzene rings is 1. The van der Waals surface area contributed by atoms with Crippen molar-refractivity contribution in [1.82, 2.24) is 0 Å². The van der Waals surface area contributed by atoms with Crippen molar-refractivity contribution < 1.29 is 44.7 Å². The molecule has 0 aliphatic carbocycles. The van der Waals surface area contributed by atoms with Crippen LogP contribution in [-0.2, 0) is 22.3 Å². The van der Waals surface area contributed by atoms with Gasteiger partial charge < -0.3 is 4.74 Å². The SMILES string of the molecule is O=C(OCc1ccc(C(F)(F)F)cc1)C(F)(F)C(F)(F)F. The number of hydrogen-bond acceptors (Lipinski definition) is 2. The maximum atomic E-state index is 12.5. The highest BCUT2D eigenvalue weighted by Gasteiger charge is 2.64. The monoisotopic (exact) mass is 322 g/mol. The van der Waals surface area contributed by atoms with Gasteiger partial charge in [0.2, 0.25) is 0 Å². The molecule has 0 aromatic heterocycles. The fourth-order valence-electron chi connectivity index (χ4n) is 1.15. The van der Waals surface area contributed by atoms with Crippen LogP contribution in [0, 0.1) is 0 Å². The van der Waals surface area contributed by atoms with Gasteiger partial charge in [-0.1, -0.05) is 12.1 Å². The number of halogens is 8. The molecule has 0 aliphatic rings. The molecule has 0 atom stereocenters. The molecular weight excluding hydrogens is 316 g/mol. The highest BCUT2D eigenvalue weighted by molar-refractivity contribution is 5.78. The first-order valence-electron chi connectivity index (χ1n) is 5.13. The van der Waals surface area contributed by atoms with E-state index in [1.807, 2.05) is 0 Å². The van der Waals surface area contributed by atoms with E-state index in [0.29, 0.717) is 12.1 Å². The summed E-state index contributed by atoms with van der Waals surface area (Å²) in [5.41, 5.74) is -1.22. The first-order valence-corrected chi connectivity index (χ1v) is 5.13. The number of carbonyl (C=O) groups is 1. The normalized spacial score (nSPS) is 13.1. The molecule has 0 bridgehead atoms. The Labute approximate surface area is 112 Å². The van der Waals surface area contributed by atoms with Gasteiger partial charge in [-0.2, -0.15) is 35.1 Å². The van der Waals surface area contributed by atoms with Gasteiger partial charge in [0.1, 0.15) is 6.61 Å². The third-order valence-electron chi connectivity index (χ3n) is 2.26. The average Bonchev–Trinajstić information content (AvgIpc) is 2.33. The molecule has 0 N–H and O–H groups in total. The Kier molecular flexibility index (Phi) is 4.49. The molecule has 1 rings (SSSR count). The fraction of sp³-hybridized carbons (Fsp3) is 0.364. The molecule has 1 aromatic rings. The number of esters is 1. The predicted octanol–water partition coefficient (Wildman–Crippen LogP) is 3.95. The maximum absolute atomic E-state index is 12.5. The molecule has 2 nitrogen and oxygen atoms in total. The average molecular weight is 322 g/mol. The van der Waals surface area contributed by atoms with E-state index >= 15 is 0 Å². The first-order chi connectivity index (χ1) is 9.35. The van der Waals surface area contributed by atoms with Gasteiger partial charge in [-0.3, -0.25) is 0 Å². The number of alkyl halides is 8. The summed E-state index contributed by atoms with van der Waals surface area (Å²) in [5.74, 6) is -8.51. The van der Waals surface area contributed by atoms with Crippen LogP contribution in [0.1, 0.15) is 11.1 Å². The van der Waals surface area contributed by atoms with Gasteiger partial charge in [-0.25, -0.2) is 4.79 Å². The van der Waals surface area contributed by atoms with Crippen molar-refractivity contribution in [2.24, 2.45) is 0 Å². The first kappa shape index (κ1) is 17.2. The lowest BCUT2D eigenvalue weighted by atomic mass is 10.1. The summed E-state index contributed by atoms with van der Waals surface area (Å²) in [7, 11) is 0. The van der Waals surface area contributed by atoms with E-state index in [9.17, 15) is 39.9 Å². The minimum atomic E-state index is -6.11. The molecule has 0 radical (unpaired) electrons. The number of hydrogen-bond donors (Lipinski definition) is 0. The van der Waals surface area contributed by atoms with Crippen LogP contribution in [0.25, 0.3) is 0 Å². The highest BCUT2D eigenvalue weighted by atomic mass is 19.4. The molecule has 0 heterocycles. The largest absolute Gasteiger partial charge is 0.465 e. The van der Waals surface area contributed by atoms with Crippen LogP contribution in [-0.4, -0.2) is 18.1 Å². The molecule has 0 aliphatic heterocycles. The van der Waals surface area contributed by atoms with Crippen molar-refractivity contribution >= 4 is 5.97 Å². The second-order valence-corrected chi connectivity index (χ2v) is 3.84. The van der Waals surface area contributed by atoms with Gasteiger partial charge in [0.25, 0.3) is 0 Å². The summed E-state index contributed by atoms with van der Waals surface area (Å²) in [4.78, 5) is 10.6. The van der Waals surface area contributed by atoms with Gasteiger partial charge in [0, 0.05) is 0 Å². The van der Waals surface area contributed by atoms with E-state index < -0.39 is 36.4 Å². The van der Waals surface area contributed by atoms with Gasteiger partial charge >= 0.3 is 24.2 Å². The zero-order chi connectivity index (χ0) is 16.5. The van der Waals surface area contributed by atoms with E-state index in [0.717, 1.165) is 12.1 Å². The van der Waals surface area contributed by atoms with E-state index in [1.165, 1.54) is 0 Å². The van der Waals surface area contributed by atoms with Crippen LogP contribution in [0.5, 0.6) is 0 Å². The number of ether oxygens (including phenoxy) is 1. The molecule has 21 heavy (non-hydrogen) atoms. The maximum Gasteiger partial charge on any atom is 0.465 e. The zero-order valence-corrected chi connectivity index (χ0v) is 9.86. The smallest absolute Gasteiger partial charge is 0.456 e. The molecule has 0 saturated heterocycles. The van der Waals surface area contributed by atoms with E-state index in [1.54, 1.807) is 0 Å². The van der Waals surface area contributed by atoms with Crippen molar-refractivity contribution in [3.63, 3.8) is 0 Å². The molecule has 0 fully saturated rings. The van der Waals surface area contributed by atoms with Crippen LogP contribution < -0.4 is 0 Å². The predicted molar refractivity (Wildman–Crippen MR) is 52.2 cm³/mol. The lowest BCUT2D eigenvalue weighted by Crippen LogP contribution is -2.45. The lowest BCUT2D eigenvalue weighted by Gasteiger charge is -2.17. The number of carbonyl (C=O) groups excluding carboxylic acids is 1. The molecule has 0 saturated carbocycles. The van der Waals surface area contributed by atoms with Gasteiger partial charge in [0.05, 0.1) is 5.56 Å². The molecule has 0 spiro atoms. The van der Waals surface area contributed by atoms with Crippen molar-refractivity contribution in [1.29, 1.82) is 0 Å². The molecule has 118 valence electrons. The Balaban J connectivity index is 2.70. The summed E-state index contributed by atoms with van der Waals surface area (Å²) in [6, 6.07) is 2.74. The Morgan fingerprint density at radius 2 is 1.38 bits per heavy atom. The number of rotatable bonds is 3. The topological polar surface area (TPSA) is 26.3 Å². The van der Waals surface area contributed by atoms with E-state index in [-0.39, 0.29) is 5.56 Å². The van der Waals surface area contributed by atoms with Crippen LogP contribution in [0.3, 0.4) is 0 Å². The summed E-state index contributed by atoms with van der Waals surface area (Å²) in [5, 5.41) is 0. The van der Waals surface area contributed by atoms with Crippen LogP contribution in [0.15, 0.2) is 24.3 Å². The molecule has 1 aromatic carbocycles. The minimum absolute atomic E-state index is 0.172. The van der Waals surface area contributed by atoms with Gasteiger partial charge in [0.15, 0.2) is 0 Å². The summed E-state index contributed by atoms with van der Waals surface area (Å²) < 4.78 is 101. The second kappa shape index (κ2) is 5.49. The minimum Gasteiger partial charge on any atom is -0.456 e. The van der Waals surface area contributed by atoms with Crippen LogP contribution in [0.2, 0.25) is 0 Å². The molecular formula is C11H6F8O2. The quantitative estimate of drug-likeness (QED) is 0.622. The van der Waals surface area contributed by atoms with E-state index in [4.69, 9.17) is 0 Å². The summed E-state index contributed by atoms with van der Waals surface area (Å²) in [6.45, 7) is -1.01. The third-order valence-corrected chi connectivity index (χ3v) is 2.26. The van der Waals surface area contributed by atoms with Gasteiger partial charge in [-0.15, -0.1) is 0 Å². The summed E-state index contributed by atoms with van der Waals surface area (Å²) >= 11 is 0. The van der Waals surface area contributed by atoms with Crippen molar-refractivity contribution in [3.05, 3.63) is 35.4 Å². The highest BCUT2D eigenvalue weighted by Crippen LogP contribution is 2.36. The third kappa shape index (κ3) is 4.05. The van der Waals surface area contributed by atoms with Crippen molar-refractivity contribution in [2.75, 3.05) is 0 Å². The van der Waals surface area contributed by atoms with Crippen LogP contribution >= 0.6 is 0 Å². The lowest BCUT2D eigenvalue weighted by molar-refractivity contribution is -0.281. The Bertz CT molecular complexity index is 500. The summed E-state index contributed by atoms with van der Waals surface area (Å²) in [6.07, 6.45) is -10.7. The van der Waals surface area contributed by atoms with E-state index in [2.05, 4.69) is 4.74 Å². The Hall–Kier alpha value is -1.87.